The van der Waals surface area contributed by atoms with E-state index < -0.39 is 53.0 Å². The zero-order chi connectivity index (χ0) is 22.5. The largest absolute Gasteiger partial charge is 0.437 e. The van der Waals surface area contributed by atoms with E-state index >= 15 is 0 Å². The molecular weight excluding hydrogens is 438 g/mol. The lowest BCUT2D eigenvalue weighted by Crippen LogP contribution is -2.73. The second-order valence-corrected chi connectivity index (χ2v) is 7.56. The summed E-state index contributed by atoms with van der Waals surface area (Å²) in [4.78, 5) is 24.9. The van der Waals surface area contributed by atoms with Gasteiger partial charge in [-0.3, -0.25) is 9.69 Å². The van der Waals surface area contributed by atoms with Gasteiger partial charge in [0.2, 0.25) is 0 Å². The van der Waals surface area contributed by atoms with E-state index in [1.54, 1.807) is 0 Å². The fourth-order valence-corrected chi connectivity index (χ4v) is 4.17. The molecule has 1 aliphatic rings. The number of ketones is 1. The number of hydrogen-bond donors (Lipinski definition) is 2. The number of alkyl halides is 6. The van der Waals surface area contributed by atoms with E-state index in [1.165, 1.54) is 17.5 Å². The van der Waals surface area contributed by atoms with Crippen LogP contribution >= 0.6 is 11.3 Å². The Balaban J connectivity index is 2.28. The van der Waals surface area contributed by atoms with Gasteiger partial charge in [0.05, 0.1) is 16.5 Å². The maximum Gasteiger partial charge on any atom is 0.437 e. The standard InChI is InChI=1S/C18H14F6N2O3S/c1-26-15(28)25-13(9-5-2-3-6-10(9)17(19,20)21)12(16(26,29)18(22,23)24)14(27)11-7-4-8-30-11/h2-8,12-13,29H,1H3,(H,25,28)/t12-,13+,16+/m0/s1. The molecule has 12 heteroatoms. The number of benzene rings is 1. The van der Waals surface area contributed by atoms with E-state index in [0.29, 0.717) is 13.1 Å². The van der Waals surface area contributed by atoms with E-state index in [1.807, 2.05) is 5.32 Å². The fourth-order valence-electron chi connectivity index (χ4n) is 3.47. The van der Waals surface area contributed by atoms with Crippen molar-refractivity contribution in [3.8, 4) is 0 Å². The number of aliphatic hydroxyl groups is 1. The number of rotatable bonds is 3. The highest BCUT2D eigenvalue weighted by Crippen LogP contribution is 2.49. The highest BCUT2D eigenvalue weighted by Gasteiger charge is 2.69. The quantitative estimate of drug-likeness (QED) is 0.542. The van der Waals surface area contributed by atoms with E-state index in [-0.39, 0.29) is 9.78 Å². The summed E-state index contributed by atoms with van der Waals surface area (Å²) >= 11 is 0.764. The number of carbonyl (C=O) groups is 2. The third-order valence-corrected chi connectivity index (χ3v) is 5.81. The monoisotopic (exact) mass is 452 g/mol. The summed E-state index contributed by atoms with van der Waals surface area (Å²) in [6, 6.07) is 2.63. The molecule has 1 fully saturated rings. The van der Waals surface area contributed by atoms with Crippen LogP contribution < -0.4 is 5.32 Å². The van der Waals surface area contributed by atoms with Crippen molar-refractivity contribution in [1.82, 2.24) is 10.2 Å². The molecule has 3 rings (SSSR count). The maximum absolute atomic E-state index is 14.0. The molecule has 0 bridgehead atoms. The van der Waals surface area contributed by atoms with Crippen molar-refractivity contribution >= 4 is 23.2 Å². The van der Waals surface area contributed by atoms with E-state index in [2.05, 4.69) is 0 Å². The van der Waals surface area contributed by atoms with Crippen LogP contribution in [0, 0.1) is 5.92 Å². The van der Waals surface area contributed by atoms with Gasteiger partial charge in [0, 0.05) is 7.05 Å². The molecule has 1 aromatic heterocycles. The van der Waals surface area contributed by atoms with Gasteiger partial charge in [0.15, 0.2) is 5.78 Å². The fraction of sp³-hybridized carbons (Fsp3) is 0.333. The van der Waals surface area contributed by atoms with Crippen LogP contribution in [0.4, 0.5) is 31.1 Å². The number of amides is 2. The summed E-state index contributed by atoms with van der Waals surface area (Å²) in [6.07, 6.45) is -10.5. The molecule has 3 atom stereocenters. The first-order valence-electron chi connectivity index (χ1n) is 8.37. The number of urea groups is 1. The van der Waals surface area contributed by atoms with Crippen LogP contribution in [0.3, 0.4) is 0 Å². The van der Waals surface area contributed by atoms with E-state index in [9.17, 15) is 41.0 Å². The Morgan fingerprint density at radius 1 is 1.13 bits per heavy atom. The minimum absolute atomic E-state index is 0.115. The summed E-state index contributed by atoms with van der Waals surface area (Å²) in [7, 11) is 0.614. The van der Waals surface area contributed by atoms with Crippen molar-refractivity contribution in [2.75, 3.05) is 7.05 Å². The Hall–Kier alpha value is -2.60. The first kappa shape index (κ1) is 22.1. The second kappa shape index (κ2) is 7.27. The van der Waals surface area contributed by atoms with Crippen molar-refractivity contribution in [3.05, 3.63) is 57.8 Å². The predicted octanol–water partition coefficient (Wildman–Crippen LogP) is 4.21. The Labute approximate surface area is 169 Å². The lowest BCUT2D eigenvalue weighted by atomic mass is 9.76. The van der Waals surface area contributed by atoms with Gasteiger partial charge < -0.3 is 10.4 Å². The van der Waals surface area contributed by atoms with Crippen molar-refractivity contribution in [1.29, 1.82) is 0 Å². The molecule has 0 radical (unpaired) electrons. The Morgan fingerprint density at radius 2 is 1.77 bits per heavy atom. The predicted molar refractivity (Wildman–Crippen MR) is 93.6 cm³/mol. The number of carbonyl (C=O) groups excluding carboxylic acids is 2. The normalized spacial score (nSPS) is 25.2. The van der Waals surface area contributed by atoms with Crippen LogP contribution in [-0.2, 0) is 6.18 Å². The number of nitrogens with one attached hydrogen (secondary N) is 1. The van der Waals surface area contributed by atoms with Gasteiger partial charge >= 0.3 is 18.4 Å². The summed E-state index contributed by atoms with van der Waals surface area (Å²) < 4.78 is 82.5. The minimum Gasteiger partial charge on any atom is -0.363 e. The Bertz CT molecular complexity index is 960. The molecule has 162 valence electrons. The molecule has 0 unspecified atom stereocenters. The zero-order valence-electron chi connectivity index (χ0n) is 15.1. The topological polar surface area (TPSA) is 69.6 Å². The molecule has 0 aliphatic carbocycles. The molecule has 5 nitrogen and oxygen atoms in total. The van der Waals surface area contributed by atoms with Crippen molar-refractivity contribution in [2.45, 2.75) is 24.1 Å². The van der Waals surface area contributed by atoms with Crippen LogP contribution in [-0.4, -0.2) is 40.8 Å². The van der Waals surface area contributed by atoms with Gasteiger partial charge in [0.25, 0.3) is 5.72 Å². The van der Waals surface area contributed by atoms with Crippen LogP contribution in [0.25, 0.3) is 0 Å². The third kappa shape index (κ3) is 3.43. The van der Waals surface area contributed by atoms with Gasteiger partial charge in [-0.1, -0.05) is 24.3 Å². The van der Waals surface area contributed by atoms with Crippen molar-refractivity contribution < 1.29 is 41.0 Å². The van der Waals surface area contributed by atoms with E-state index in [0.717, 1.165) is 29.5 Å². The van der Waals surface area contributed by atoms with Crippen LogP contribution in [0.15, 0.2) is 41.8 Å². The van der Waals surface area contributed by atoms with Gasteiger partial charge in [-0.05, 0) is 23.1 Å². The molecule has 1 aliphatic heterocycles. The summed E-state index contributed by atoms with van der Waals surface area (Å²) in [5.41, 5.74) is -6.13. The molecule has 1 saturated heterocycles. The number of Topliss-reactive ketones (excluding diaryl/α,β-unsaturated/α-hetero) is 1. The SMILES string of the molecule is CN1C(=O)N[C@H](c2ccccc2C(F)(F)F)[C@@H](C(=O)c2cccs2)[C@@]1(O)C(F)(F)F. The number of hydrogen-bond acceptors (Lipinski definition) is 4. The highest BCUT2D eigenvalue weighted by atomic mass is 32.1. The molecule has 0 saturated carbocycles. The second-order valence-electron chi connectivity index (χ2n) is 6.61. The first-order chi connectivity index (χ1) is 13.8. The highest BCUT2D eigenvalue weighted by molar-refractivity contribution is 7.12. The smallest absolute Gasteiger partial charge is 0.363 e. The first-order valence-corrected chi connectivity index (χ1v) is 9.25. The summed E-state index contributed by atoms with van der Waals surface area (Å²) in [5.74, 6) is -3.75. The van der Waals surface area contributed by atoms with Gasteiger partial charge in [-0.25, -0.2) is 4.79 Å². The molecule has 2 aromatic rings. The van der Waals surface area contributed by atoms with Gasteiger partial charge in [-0.2, -0.15) is 26.3 Å². The zero-order valence-corrected chi connectivity index (χ0v) is 15.9. The maximum atomic E-state index is 14.0. The number of halogens is 6. The third-order valence-electron chi connectivity index (χ3n) is 4.93. The van der Waals surface area contributed by atoms with Crippen molar-refractivity contribution in [2.24, 2.45) is 5.92 Å². The molecule has 1 aromatic carbocycles. The lowest BCUT2D eigenvalue weighted by molar-refractivity contribution is -0.322. The Kier molecular flexibility index (Phi) is 5.35. The molecule has 0 spiro atoms. The van der Waals surface area contributed by atoms with Gasteiger partial charge in [0.1, 0.15) is 5.92 Å². The van der Waals surface area contributed by atoms with Crippen LogP contribution in [0.1, 0.15) is 26.8 Å². The minimum atomic E-state index is -5.54. The lowest BCUT2D eigenvalue weighted by Gasteiger charge is -2.50. The molecule has 2 N–H and O–H groups in total. The van der Waals surface area contributed by atoms with Crippen LogP contribution in [0.2, 0.25) is 0 Å². The molecule has 30 heavy (non-hydrogen) atoms. The average molecular weight is 452 g/mol. The van der Waals surface area contributed by atoms with Gasteiger partial charge in [-0.15, -0.1) is 11.3 Å². The Morgan fingerprint density at radius 3 is 2.30 bits per heavy atom. The molecule has 2 heterocycles. The van der Waals surface area contributed by atoms with Crippen LogP contribution in [0.5, 0.6) is 0 Å². The average Bonchev–Trinajstić information content (AvgIpc) is 3.18. The summed E-state index contributed by atoms with van der Waals surface area (Å²) in [5, 5.41) is 14.1. The molecule has 2 amide bonds. The number of nitrogens with zero attached hydrogens (tertiary/aromatic N) is 1. The van der Waals surface area contributed by atoms with E-state index in [4.69, 9.17) is 0 Å². The van der Waals surface area contributed by atoms with Crippen molar-refractivity contribution in [3.63, 3.8) is 0 Å². The molecular formula is C18H14F6N2O3S. The summed E-state index contributed by atoms with van der Waals surface area (Å²) in [6.45, 7) is 0. The number of thiophene rings is 1.